The zero-order valence-corrected chi connectivity index (χ0v) is 12.6. The highest BCUT2D eigenvalue weighted by atomic mass is 19.1. The minimum absolute atomic E-state index is 0.0200. The lowest BCUT2D eigenvalue weighted by Gasteiger charge is -2.12. The van der Waals surface area contributed by atoms with Gasteiger partial charge < -0.3 is 5.73 Å². The first-order valence-electron chi connectivity index (χ1n) is 7.67. The molecular formula is C19H19FN2. The van der Waals surface area contributed by atoms with E-state index in [0.717, 1.165) is 36.0 Å². The summed E-state index contributed by atoms with van der Waals surface area (Å²) in [5.74, 6) is -0.272. The fourth-order valence-corrected chi connectivity index (χ4v) is 2.78. The SMILES string of the molecule is CCC(N)c1ccc(-c2ccc(C3(C#N)CC3)cc2F)cc1. The van der Waals surface area contributed by atoms with Crippen LogP contribution in [-0.2, 0) is 5.41 Å². The Kier molecular flexibility index (Phi) is 3.72. The fourth-order valence-electron chi connectivity index (χ4n) is 2.78. The number of nitrogens with two attached hydrogens (primary N) is 1. The maximum Gasteiger partial charge on any atom is 0.131 e. The molecule has 0 saturated heterocycles. The number of halogens is 1. The van der Waals surface area contributed by atoms with E-state index >= 15 is 0 Å². The Labute approximate surface area is 130 Å². The third-order valence-electron chi connectivity index (χ3n) is 4.58. The summed E-state index contributed by atoms with van der Waals surface area (Å²) in [5.41, 5.74) is 8.80. The minimum atomic E-state index is -0.447. The van der Waals surface area contributed by atoms with Gasteiger partial charge in [-0.2, -0.15) is 5.26 Å². The number of benzene rings is 2. The predicted molar refractivity (Wildman–Crippen MR) is 85.6 cm³/mol. The van der Waals surface area contributed by atoms with Gasteiger partial charge in [-0.3, -0.25) is 0 Å². The van der Waals surface area contributed by atoms with Gasteiger partial charge in [0.15, 0.2) is 0 Å². The van der Waals surface area contributed by atoms with Crippen LogP contribution in [0.25, 0.3) is 11.1 Å². The molecule has 2 nitrogen and oxygen atoms in total. The van der Waals surface area contributed by atoms with Gasteiger partial charge in [-0.25, -0.2) is 4.39 Å². The summed E-state index contributed by atoms with van der Waals surface area (Å²) in [5, 5.41) is 9.21. The Morgan fingerprint density at radius 3 is 2.41 bits per heavy atom. The summed E-state index contributed by atoms with van der Waals surface area (Å²) in [6.07, 6.45) is 2.52. The van der Waals surface area contributed by atoms with E-state index in [2.05, 4.69) is 6.07 Å². The van der Waals surface area contributed by atoms with Crippen LogP contribution in [0.1, 0.15) is 43.4 Å². The van der Waals surface area contributed by atoms with Gasteiger partial charge in [0.2, 0.25) is 0 Å². The van der Waals surface area contributed by atoms with E-state index in [1.54, 1.807) is 6.07 Å². The standard InChI is InChI=1S/C19H19FN2/c1-2-18(22)14-5-3-13(4-6-14)16-8-7-15(11-17(16)20)19(12-21)9-10-19/h3-8,11,18H,2,9-10,22H2,1H3. The van der Waals surface area contributed by atoms with Gasteiger partial charge >= 0.3 is 0 Å². The summed E-state index contributed by atoms with van der Waals surface area (Å²) in [7, 11) is 0. The molecule has 1 aliphatic rings. The van der Waals surface area contributed by atoms with E-state index < -0.39 is 5.41 Å². The third-order valence-corrected chi connectivity index (χ3v) is 4.58. The molecule has 0 aliphatic heterocycles. The molecule has 1 saturated carbocycles. The molecule has 1 aliphatic carbocycles. The molecule has 0 aromatic heterocycles. The average molecular weight is 294 g/mol. The molecule has 0 heterocycles. The molecule has 0 radical (unpaired) electrons. The van der Waals surface area contributed by atoms with Crippen LogP contribution in [0.15, 0.2) is 42.5 Å². The largest absolute Gasteiger partial charge is 0.324 e. The third kappa shape index (κ3) is 2.51. The lowest BCUT2D eigenvalue weighted by atomic mass is 9.94. The van der Waals surface area contributed by atoms with E-state index in [-0.39, 0.29) is 11.9 Å². The Hall–Kier alpha value is -2.18. The minimum Gasteiger partial charge on any atom is -0.324 e. The maximum atomic E-state index is 14.4. The topological polar surface area (TPSA) is 49.8 Å². The number of nitrogens with zero attached hydrogens (tertiary/aromatic N) is 1. The van der Waals surface area contributed by atoms with Crippen LogP contribution in [0.3, 0.4) is 0 Å². The van der Waals surface area contributed by atoms with E-state index in [1.807, 2.05) is 37.3 Å². The smallest absolute Gasteiger partial charge is 0.131 e. The zero-order chi connectivity index (χ0) is 15.7. The molecule has 22 heavy (non-hydrogen) atoms. The highest BCUT2D eigenvalue weighted by molar-refractivity contribution is 5.65. The van der Waals surface area contributed by atoms with Crippen molar-refractivity contribution >= 4 is 0 Å². The van der Waals surface area contributed by atoms with Gasteiger partial charge in [0.25, 0.3) is 0 Å². The van der Waals surface area contributed by atoms with Gasteiger partial charge in [0.05, 0.1) is 11.5 Å². The first kappa shape index (κ1) is 14.7. The van der Waals surface area contributed by atoms with E-state index in [4.69, 9.17) is 5.73 Å². The Morgan fingerprint density at radius 2 is 1.91 bits per heavy atom. The van der Waals surface area contributed by atoms with Crippen molar-refractivity contribution in [2.75, 3.05) is 0 Å². The van der Waals surface area contributed by atoms with Gasteiger partial charge in [-0.05, 0) is 42.0 Å². The Bertz CT molecular complexity index is 724. The molecule has 2 N–H and O–H groups in total. The molecule has 3 heteroatoms. The lowest BCUT2D eigenvalue weighted by molar-refractivity contribution is 0.627. The predicted octanol–water partition coefficient (Wildman–Crippen LogP) is 4.46. The molecular weight excluding hydrogens is 275 g/mol. The van der Waals surface area contributed by atoms with Crippen molar-refractivity contribution in [3.05, 3.63) is 59.4 Å². The fraction of sp³-hybridized carbons (Fsp3) is 0.316. The van der Waals surface area contributed by atoms with E-state index in [0.29, 0.717) is 5.56 Å². The van der Waals surface area contributed by atoms with Crippen molar-refractivity contribution < 1.29 is 4.39 Å². The second-order valence-electron chi connectivity index (χ2n) is 6.03. The lowest BCUT2D eigenvalue weighted by Crippen LogP contribution is -2.08. The monoisotopic (exact) mass is 294 g/mol. The highest BCUT2D eigenvalue weighted by Crippen LogP contribution is 2.48. The summed E-state index contributed by atoms with van der Waals surface area (Å²) < 4.78 is 14.4. The molecule has 0 bridgehead atoms. The first-order chi connectivity index (χ1) is 10.6. The molecule has 2 aromatic carbocycles. The first-order valence-corrected chi connectivity index (χ1v) is 7.67. The van der Waals surface area contributed by atoms with Crippen molar-refractivity contribution in [2.45, 2.75) is 37.6 Å². The van der Waals surface area contributed by atoms with Crippen molar-refractivity contribution in [3.63, 3.8) is 0 Å². The second kappa shape index (κ2) is 5.55. The summed E-state index contributed by atoms with van der Waals surface area (Å²) in [6.45, 7) is 2.04. The maximum absolute atomic E-state index is 14.4. The average Bonchev–Trinajstić information content (AvgIpc) is 3.35. The van der Waals surface area contributed by atoms with E-state index in [1.165, 1.54) is 6.07 Å². The zero-order valence-electron chi connectivity index (χ0n) is 12.6. The highest BCUT2D eigenvalue weighted by Gasteiger charge is 2.45. The summed E-state index contributed by atoms with van der Waals surface area (Å²) in [4.78, 5) is 0. The Morgan fingerprint density at radius 1 is 1.23 bits per heavy atom. The van der Waals surface area contributed by atoms with Crippen LogP contribution in [0.5, 0.6) is 0 Å². The molecule has 0 amide bonds. The number of hydrogen-bond donors (Lipinski definition) is 1. The van der Waals surface area contributed by atoms with Gasteiger partial charge in [-0.1, -0.05) is 43.3 Å². The summed E-state index contributed by atoms with van der Waals surface area (Å²) >= 11 is 0. The van der Waals surface area contributed by atoms with Crippen LogP contribution in [0, 0.1) is 17.1 Å². The normalized spacial score (nSPS) is 16.8. The van der Waals surface area contributed by atoms with Crippen molar-refractivity contribution in [3.8, 4) is 17.2 Å². The number of rotatable bonds is 4. The van der Waals surface area contributed by atoms with Crippen molar-refractivity contribution in [1.82, 2.24) is 0 Å². The number of hydrogen-bond acceptors (Lipinski definition) is 2. The van der Waals surface area contributed by atoms with Gasteiger partial charge in [-0.15, -0.1) is 0 Å². The van der Waals surface area contributed by atoms with Crippen LogP contribution in [0.4, 0.5) is 4.39 Å². The van der Waals surface area contributed by atoms with Crippen LogP contribution in [0.2, 0.25) is 0 Å². The van der Waals surface area contributed by atoms with Gasteiger partial charge in [0.1, 0.15) is 5.82 Å². The molecule has 1 fully saturated rings. The quantitative estimate of drug-likeness (QED) is 0.905. The molecule has 112 valence electrons. The van der Waals surface area contributed by atoms with Crippen LogP contribution in [-0.4, -0.2) is 0 Å². The molecule has 0 spiro atoms. The van der Waals surface area contributed by atoms with Crippen molar-refractivity contribution in [1.29, 1.82) is 5.26 Å². The van der Waals surface area contributed by atoms with Crippen LogP contribution >= 0.6 is 0 Å². The van der Waals surface area contributed by atoms with Gasteiger partial charge in [0, 0.05) is 11.6 Å². The second-order valence-corrected chi connectivity index (χ2v) is 6.03. The van der Waals surface area contributed by atoms with Crippen molar-refractivity contribution in [2.24, 2.45) is 5.73 Å². The molecule has 2 aromatic rings. The Balaban J connectivity index is 1.91. The molecule has 3 rings (SSSR count). The van der Waals surface area contributed by atoms with E-state index in [9.17, 15) is 9.65 Å². The molecule has 1 atom stereocenters. The molecule has 1 unspecified atom stereocenters. The van der Waals surface area contributed by atoms with Crippen LogP contribution < -0.4 is 5.73 Å². The summed E-state index contributed by atoms with van der Waals surface area (Å²) in [6, 6.07) is 15.2. The number of nitriles is 1.